The Labute approximate surface area is 86.0 Å². The number of rotatable bonds is 4. The molecule has 0 fully saturated rings. The van der Waals surface area contributed by atoms with Crippen LogP contribution in [0.2, 0.25) is 0 Å². The Bertz CT molecular complexity index is 279. The van der Waals surface area contributed by atoms with Gasteiger partial charge < -0.3 is 4.74 Å². The molecule has 0 saturated heterocycles. The van der Waals surface area contributed by atoms with Crippen LogP contribution in [0.3, 0.4) is 0 Å². The number of ether oxygens (including phenoxy) is 1. The highest BCUT2D eigenvalue weighted by molar-refractivity contribution is 9.10. The fraction of sp³-hybridized carbons (Fsp3) is 0.300. The van der Waals surface area contributed by atoms with Crippen LogP contribution in [-0.2, 0) is 4.79 Å². The van der Waals surface area contributed by atoms with Crippen molar-refractivity contribution in [2.75, 3.05) is 6.61 Å². The molecule has 2 nitrogen and oxygen atoms in total. The van der Waals surface area contributed by atoms with E-state index in [4.69, 9.17) is 4.74 Å². The zero-order valence-corrected chi connectivity index (χ0v) is 9.00. The van der Waals surface area contributed by atoms with E-state index >= 15 is 0 Å². The lowest BCUT2D eigenvalue weighted by molar-refractivity contribution is -0.120. The Hall–Kier alpha value is -0.830. The molecule has 0 heterocycles. The van der Waals surface area contributed by atoms with Crippen LogP contribution in [0.1, 0.15) is 13.3 Å². The van der Waals surface area contributed by atoms with Crippen LogP contribution in [0, 0.1) is 0 Å². The minimum atomic E-state index is 0.114. The summed E-state index contributed by atoms with van der Waals surface area (Å²) >= 11 is 3.32. The summed E-state index contributed by atoms with van der Waals surface area (Å²) in [7, 11) is 0. The highest BCUT2D eigenvalue weighted by Crippen LogP contribution is 2.15. The molecule has 0 amide bonds. The number of hydrogen-bond donors (Lipinski definition) is 0. The van der Waals surface area contributed by atoms with Gasteiger partial charge in [-0.15, -0.1) is 0 Å². The Morgan fingerprint density at radius 1 is 1.38 bits per heavy atom. The summed E-state index contributed by atoms with van der Waals surface area (Å²) in [4.78, 5) is 10.9. The van der Waals surface area contributed by atoms with E-state index in [0.717, 1.165) is 10.2 Å². The van der Waals surface area contributed by atoms with E-state index in [2.05, 4.69) is 15.9 Å². The summed E-state index contributed by atoms with van der Waals surface area (Å²) in [6, 6.07) is 7.41. The summed E-state index contributed by atoms with van der Waals surface area (Å²) in [6.45, 7) is 1.99. The highest BCUT2D eigenvalue weighted by Gasteiger charge is 1.99. The first kappa shape index (κ1) is 10.3. The van der Waals surface area contributed by atoms with Crippen LogP contribution in [0.4, 0.5) is 0 Å². The van der Waals surface area contributed by atoms with Gasteiger partial charge in [0.25, 0.3) is 0 Å². The van der Waals surface area contributed by atoms with Gasteiger partial charge in [0.15, 0.2) is 5.78 Å². The molecule has 1 aromatic carbocycles. The van der Waals surface area contributed by atoms with Crippen molar-refractivity contribution in [3.63, 3.8) is 0 Å². The van der Waals surface area contributed by atoms with Gasteiger partial charge in [-0.25, -0.2) is 0 Å². The van der Waals surface area contributed by atoms with Gasteiger partial charge >= 0.3 is 0 Å². The molecule has 0 radical (unpaired) electrons. The summed E-state index contributed by atoms with van der Waals surface area (Å²) < 4.78 is 6.24. The second-order valence-electron chi connectivity index (χ2n) is 2.63. The minimum absolute atomic E-state index is 0.114. The standard InChI is InChI=1S/C10H11BrO2/c1-2-9(12)7-13-10-5-3-8(11)4-6-10/h3-6H,2,7H2,1H3. The smallest absolute Gasteiger partial charge is 0.169 e. The zero-order valence-electron chi connectivity index (χ0n) is 7.42. The Morgan fingerprint density at radius 3 is 2.54 bits per heavy atom. The number of benzene rings is 1. The molecule has 0 bridgehead atoms. The van der Waals surface area contributed by atoms with Crippen molar-refractivity contribution < 1.29 is 9.53 Å². The normalized spacial score (nSPS) is 9.69. The van der Waals surface area contributed by atoms with Gasteiger partial charge in [-0.05, 0) is 24.3 Å². The molecule has 1 rings (SSSR count). The zero-order chi connectivity index (χ0) is 9.68. The molecular formula is C10H11BrO2. The van der Waals surface area contributed by atoms with E-state index in [1.165, 1.54) is 0 Å². The first-order chi connectivity index (χ1) is 6.22. The van der Waals surface area contributed by atoms with Crippen LogP contribution < -0.4 is 4.74 Å². The maximum absolute atomic E-state index is 10.9. The fourth-order valence-electron chi connectivity index (χ4n) is 0.797. The lowest BCUT2D eigenvalue weighted by Crippen LogP contribution is -2.09. The molecule has 0 N–H and O–H groups in total. The average molecular weight is 243 g/mol. The Balaban J connectivity index is 2.46. The second kappa shape index (κ2) is 5.02. The van der Waals surface area contributed by atoms with Gasteiger partial charge in [0.1, 0.15) is 12.4 Å². The third-order valence-corrected chi connectivity index (χ3v) is 2.14. The van der Waals surface area contributed by atoms with E-state index in [0.29, 0.717) is 6.42 Å². The van der Waals surface area contributed by atoms with Crippen molar-refractivity contribution in [1.82, 2.24) is 0 Å². The van der Waals surface area contributed by atoms with Crippen LogP contribution in [0.15, 0.2) is 28.7 Å². The molecule has 1 aromatic rings. The summed E-state index contributed by atoms with van der Waals surface area (Å²) in [5, 5.41) is 0. The number of carbonyl (C=O) groups is 1. The van der Waals surface area contributed by atoms with Gasteiger partial charge in [0.05, 0.1) is 0 Å². The lowest BCUT2D eigenvalue weighted by atomic mass is 10.3. The summed E-state index contributed by atoms with van der Waals surface area (Å²) in [6.07, 6.45) is 0.524. The predicted molar refractivity (Wildman–Crippen MR) is 54.9 cm³/mol. The summed E-state index contributed by atoms with van der Waals surface area (Å²) in [5.41, 5.74) is 0. The molecule has 3 heteroatoms. The predicted octanol–water partition coefficient (Wildman–Crippen LogP) is 2.81. The van der Waals surface area contributed by atoms with Crippen LogP contribution in [0.25, 0.3) is 0 Å². The Morgan fingerprint density at radius 2 is 2.00 bits per heavy atom. The maximum atomic E-state index is 10.9. The van der Waals surface area contributed by atoms with Crippen molar-refractivity contribution >= 4 is 21.7 Å². The maximum Gasteiger partial charge on any atom is 0.169 e. The number of ketones is 1. The molecule has 0 spiro atoms. The molecule has 0 aliphatic heterocycles. The largest absolute Gasteiger partial charge is 0.486 e. The van der Waals surface area contributed by atoms with Crippen molar-refractivity contribution in [3.8, 4) is 5.75 Å². The number of halogens is 1. The topological polar surface area (TPSA) is 26.3 Å². The third-order valence-electron chi connectivity index (χ3n) is 1.61. The van der Waals surface area contributed by atoms with E-state index in [1.807, 2.05) is 31.2 Å². The van der Waals surface area contributed by atoms with E-state index in [-0.39, 0.29) is 12.4 Å². The quantitative estimate of drug-likeness (QED) is 0.812. The molecule has 13 heavy (non-hydrogen) atoms. The number of hydrogen-bond acceptors (Lipinski definition) is 2. The molecule has 0 aliphatic carbocycles. The molecule has 0 saturated carbocycles. The van der Waals surface area contributed by atoms with Crippen LogP contribution >= 0.6 is 15.9 Å². The molecule has 0 aliphatic rings. The third kappa shape index (κ3) is 3.59. The van der Waals surface area contributed by atoms with E-state index < -0.39 is 0 Å². The number of Topliss-reactive ketones (excluding diaryl/α,β-unsaturated/α-hetero) is 1. The van der Waals surface area contributed by atoms with Gasteiger partial charge in [-0.2, -0.15) is 0 Å². The van der Waals surface area contributed by atoms with Gasteiger partial charge in [-0.3, -0.25) is 4.79 Å². The van der Waals surface area contributed by atoms with Gasteiger partial charge in [-0.1, -0.05) is 22.9 Å². The minimum Gasteiger partial charge on any atom is -0.486 e. The average Bonchev–Trinajstić information content (AvgIpc) is 2.16. The highest BCUT2D eigenvalue weighted by atomic mass is 79.9. The van der Waals surface area contributed by atoms with Crippen LogP contribution in [0.5, 0.6) is 5.75 Å². The summed E-state index contributed by atoms with van der Waals surface area (Å²) in [5.74, 6) is 0.841. The van der Waals surface area contributed by atoms with E-state index in [9.17, 15) is 4.79 Å². The van der Waals surface area contributed by atoms with Crippen LogP contribution in [-0.4, -0.2) is 12.4 Å². The fourth-order valence-corrected chi connectivity index (χ4v) is 1.06. The van der Waals surface area contributed by atoms with Crippen molar-refractivity contribution in [3.05, 3.63) is 28.7 Å². The van der Waals surface area contributed by atoms with Crippen molar-refractivity contribution in [1.29, 1.82) is 0 Å². The SMILES string of the molecule is CCC(=O)COc1ccc(Br)cc1. The van der Waals surface area contributed by atoms with Gasteiger partial charge in [0.2, 0.25) is 0 Å². The first-order valence-electron chi connectivity index (χ1n) is 4.12. The van der Waals surface area contributed by atoms with Crippen molar-refractivity contribution in [2.45, 2.75) is 13.3 Å². The molecule has 70 valence electrons. The van der Waals surface area contributed by atoms with Gasteiger partial charge in [0, 0.05) is 10.9 Å². The lowest BCUT2D eigenvalue weighted by Gasteiger charge is -2.03. The monoisotopic (exact) mass is 242 g/mol. The Kier molecular flexibility index (Phi) is 3.96. The molecule has 0 unspecified atom stereocenters. The molecular weight excluding hydrogens is 232 g/mol. The number of carbonyl (C=O) groups excluding carboxylic acids is 1. The van der Waals surface area contributed by atoms with E-state index in [1.54, 1.807) is 0 Å². The molecule has 0 atom stereocenters. The van der Waals surface area contributed by atoms with Crippen molar-refractivity contribution in [2.24, 2.45) is 0 Å². The first-order valence-corrected chi connectivity index (χ1v) is 4.91. The second-order valence-corrected chi connectivity index (χ2v) is 3.55. The molecule has 0 aromatic heterocycles.